The molecule has 5 rings (SSSR count). The maximum absolute atomic E-state index is 13.9. The molecule has 3 amide bonds. The molecule has 1 spiro atoms. The van der Waals surface area contributed by atoms with E-state index in [2.05, 4.69) is 33.0 Å². The Labute approximate surface area is 247 Å². The molecule has 3 atom stereocenters. The zero-order valence-electron chi connectivity index (χ0n) is 24.2. The van der Waals surface area contributed by atoms with Gasteiger partial charge in [0, 0.05) is 44.5 Å². The number of carbonyl (C=O) groups is 3. The number of hydrogen-bond acceptors (Lipinski definition) is 5. The van der Waals surface area contributed by atoms with Crippen LogP contribution in [0, 0.1) is 24.1 Å². The van der Waals surface area contributed by atoms with E-state index >= 15 is 0 Å². The van der Waals surface area contributed by atoms with E-state index in [1.807, 2.05) is 30.3 Å². The van der Waals surface area contributed by atoms with E-state index in [1.165, 1.54) is 6.07 Å². The van der Waals surface area contributed by atoms with E-state index in [9.17, 15) is 18.8 Å². The lowest BCUT2D eigenvalue weighted by molar-refractivity contribution is -0.140. The number of anilines is 1. The molecule has 0 aromatic heterocycles. The first kappa shape index (κ1) is 29.9. The molecule has 0 aliphatic carbocycles. The highest BCUT2D eigenvalue weighted by atomic mass is 19.1. The van der Waals surface area contributed by atoms with Crippen LogP contribution in [-0.2, 0) is 25.5 Å². The molecule has 0 saturated carbocycles. The summed E-state index contributed by atoms with van der Waals surface area (Å²) < 4.78 is 19.5. The first-order valence-electron chi connectivity index (χ1n) is 15.0. The summed E-state index contributed by atoms with van der Waals surface area (Å²) >= 11 is 0. The highest BCUT2D eigenvalue weighted by Gasteiger charge is 2.41. The third-order valence-electron chi connectivity index (χ3n) is 8.92. The Morgan fingerprint density at radius 1 is 1.10 bits per heavy atom. The van der Waals surface area contributed by atoms with Crippen LogP contribution in [0.2, 0.25) is 0 Å². The fourth-order valence-corrected chi connectivity index (χ4v) is 6.27. The third kappa shape index (κ3) is 7.44. The molecule has 2 fully saturated rings. The number of likely N-dealkylation sites (tertiary alicyclic amines) is 1. The van der Waals surface area contributed by atoms with Gasteiger partial charge in [-0.2, -0.15) is 0 Å². The van der Waals surface area contributed by atoms with Crippen molar-refractivity contribution in [2.24, 2.45) is 11.3 Å². The maximum Gasteiger partial charge on any atom is 0.243 e. The quantitative estimate of drug-likeness (QED) is 0.471. The summed E-state index contributed by atoms with van der Waals surface area (Å²) in [5, 5.41) is 9.19. The van der Waals surface area contributed by atoms with Crippen LogP contribution in [0.1, 0.15) is 43.2 Å². The molecule has 3 aliphatic rings. The summed E-state index contributed by atoms with van der Waals surface area (Å²) in [5.74, 6) is -0.716. The third-order valence-corrected chi connectivity index (χ3v) is 8.92. The number of aryl methyl sites for hydroxylation is 1. The molecular formula is C33H41FN4O4. The van der Waals surface area contributed by atoms with Crippen molar-refractivity contribution in [2.45, 2.75) is 57.5 Å². The fraction of sp³-hybridized carbons (Fsp3) is 0.485. The van der Waals surface area contributed by atoms with Crippen LogP contribution in [0.3, 0.4) is 0 Å². The molecule has 2 aromatic rings. The van der Waals surface area contributed by atoms with Crippen molar-refractivity contribution < 1.29 is 23.5 Å². The molecule has 9 heteroatoms. The number of carbonyl (C=O) groups excluding carboxylic acids is 3. The molecule has 42 heavy (non-hydrogen) atoms. The Morgan fingerprint density at radius 3 is 2.64 bits per heavy atom. The number of nitrogens with one attached hydrogen (secondary N) is 3. The number of allylic oxidation sites excluding steroid dienone is 2. The van der Waals surface area contributed by atoms with E-state index in [0.29, 0.717) is 69.7 Å². The van der Waals surface area contributed by atoms with Crippen LogP contribution in [-0.4, -0.2) is 67.6 Å². The molecule has 3 heterocycles. The number of nitrogens with zero attached hydrogens (tertiary/aromatic N) is 1. The van der Waals surface area contributed by atoms with Crippen LogP contribution in [0.15, 0.2) is 60.7 Å². The Balaban J connectivity index is 1.31. The van der Waals surface area contributed by atoms with Gasteiger partial charge in [0.25, 0.3) is 0 Å². The van der Waals surface area contributed by atoms with E-state index in [4.69, 9.17) is 4.74 Å². The Morgan fingerprint density at radius 2 is 1.88 bits per heavy atom. The predicted octanol–water partition coefficient (Wildman–Crippen LogP) is 3.75. The summed E-state index contributed by atoms with van der Waals surface area (Å²) in [6.45, 7) is 4.19. The maximum atomic E-state index is 13.9. The van der Waals surface area contributed by atoms with Gasteiger partial charge < -0.3 is 20.7 Å². The minimum atomic E-state index is -0.692. The minimum absolute atomic E-state index is 0.0840. The number of piperidine rings is 1. The van der Waals surface area contributed by atoms with Gasteiger partial charge in [-0.25, -0.2) is 4.39 Å². The molecule has 224 valence electrons. The van der Waals surface area contributed by atoms with Gasteiger partial charge in [-0.3, -0.25) is 19.3 Å². The van der Waals surface area contributed by atoms with Crippen molar-refractivity contribution in [1.29, 1.82) is 0 Å². The normalized spacial score (nSPS) is 25.0. The lowest BCUT2D eigenvalue weighted by atomic mass is 9.75. The highest BCUT2D eigenvalue weighted by molar-refractivity contribution is 5.92. The second-order valence-corrected chi connectivity index (χ2v) is 11.9. The average molecular weight is 577 g/mol. The first-order valence-corrected chi connectivity index (χ1v) is 15.0. The van der Waals surface area contributed by atoms with E-state index < -0.39 is 11.5 Å². The van der Waals surface area contributed by atoms with Crippen LogP contribution < -0.4 is 16.0 Å². The summed E-state index contributed by atoms with van der Waals surface area (Å²) in [6, 6.07) is 13.7. The lowest BCUT2D eigenvalue weighted by Gasteiger charge is -2.40. The molecular weight excluding hydrogens is 535 g/mol. The molecule has 3 N–H and O–H groups in total. The number of rotatable bonds is 5. The first-order chi connectivity index (χ1) is 20.3. The van der Waals surface area contributed by atoms with Gasteiger partial charge in [0.2, 0.25) is 17.7 Å². The van der Waals surface area contributed by atoms with Crippen LogP contribution in [0.5, 0.6) is 0 Å². The van der Waals surface area contributed by atoms with Gasteiger partial charge in [-0.15, -0.1) is 0 Å². The van der Waals surface area contributed by atoms with Crippen molar-refractivity contribution in [2.75, 3.05) is 38.2 Å². The van der Waals surface area contributed by atoms with Crippen LogP contribution >= 0.6 is 0 Å². The number of fused-ring (bicyclic) bond motifs is 1. The van der Waals surface area contributed by atoms with Crippen molar-refractivity contribution >= 4 is 23.4 Å². The second-order valence-electron chi connectivity index (χ2n) is 11.9. The van der Waals surface area contributed by atoms with Gasteiger partial charge >= 0.3 is 0 Å². The monoisotopic (exact) mass is 576 g/mol. The second kappa shape index (κ2) is 13.6. The van der Waals surface area contributed by atoms with Crippen LogP contribution in [0.4, 0.5) is 10.1 Å². The van der Waals surface area contributed by atoms with Crippen molar-refractivity contribution in [1.82, 2.24) is 15.5 Å². The summed E-state index contributed by atoms with van der Waals surface area (Å²) in [4.78, 5) is 42.3. The smallest absolute Gasteiger partial charge is 0.243 e. The predicted molar refractivity (Wildman–Crippen MR) is 159 cm³/mol. The number of halogens is 1. The molecule has 0 bridgehead atoms. The number of benzene rings is 2. The van der Waals surface area contributed by atoms with Crippen molar-refractivity contribution in [3.63, 3.8) is 0 Å². The zero-order chi connectivity index (χ0) is 29.5. The van der Waals surface area contributed by atoms with Crippen molar-refractivity contribution in [3.8, 4) is 0 Å². The van der Waals surface area contributed by atoms with E-state index in [1.54, 1.807) is 19.1 Å². The highest BCUT2D eigenvalue weighted by Crippen LogP contribution is 2.36. The molecule has 0 unspecified atom stereocenters. The topological polar surface area (TPSA) is 99.8 Å². The number of hydrogen-bond donors (Lipinski definition) is 3. The molecule has 8 nitrogen and oxygen atoms in total. The zero-order valence-corrected chi connectivity index (χ0v) is 24.2. The fourth-order valence-electron chi connectivity index (χ4n) is 6.27. The van der Waals surface area contributed by atoms with Gasteiger partial charge in [-0.1, -0.05) is 48.6 Å². The average Bonchev–Trinajstić information content (AvgIpc) is 2.98. The van der Waals surface area contributed by atoms with E-state index in [0.717, 1.165) is 12.0 Å². The minimum Gasteiger partial charge on any atom is -0.381 e. The van der Waals surface area contributed by atoms with Gasteiger partial charge in [-0.05, 0) is 68.2 Å². The van der Waals surface area contributed by atoms with Gasteiger partial charge in [0.1, 0.15) is 11.9 Å². The summed E-state index contributed by atoms with van der Waals surface area (Å²) in [5.41, 5.74) is 1.35. The molecule has 2 saturated heterocycles. The van der Waals surface area contributed by atoms with Crippen LogP contribution in [0.25, 0.3) is 0 Å². The Bertz CT molecular complexity index is 1290. The largest absolute Gasteiger partial charge is 0.381 e. The SMILES string of the molecule is Cc1ccc(NC(=O)CN2CC[C@@H]3NC(=O)[C@H](Cc4ccccc4)NC(=O)C4(CC=CC[C@@H]3C2)CCOCC4)cc1F. The molecule has 0 radical (unpaired) electrons. The van der Waals surface area contributed by atoms with Crippen molar-refractivity contribution in [3.05, 3.63) is 77.6 Å². The Hall–Kier alpha value is -3.56. The molecule has 3 aliphatic heterocycles. The molecule has 2 aromatic carbocycles. The number of amides is 3. The Kier molecular flexibility index (Phi) is 9.69. The summed E-state index contributed by atoms with van der Waals surface area (Å²) in [7, 11) is 0. The van der Waals surface area contributed by atoms with Gasteiger partial charge in [0.15, 0.2) is 0 Å². The number of ether oxygens (including phenoxy) is 1. The van der Waals surface area contributed by atoms with Gasteiger partial charge in [0.05, 0.1) is 12.0 Å². The van der Waals surface area contributed by atoms with E-state index in [-0.39, 0.29) is 42.0 Å². The summed E-state index contributed by atoms with van der Waals surface area (Å²) in [6.07, 6.45) is 7.87. The standard InChI is InChI=1S/C33H41FN4O4/c1-23-10-11-26(20-27(23)34)35-30(39)22-38-16-12-28-25(21-38)9-5-6-13-33(14-17-42-18-15-33)32(41)37-29(31(40)36-28)19-24-7-3-2-4-8-24/h2-8,10-11,20,25,28-29H,9,12-19,21-22H2,1H3,(H,35,39)(H,36,40)(H,37,41)/t25-,28+,29+/m1/s1. The lowest BCUT2D eigenvalue weighted by Crippen LogP contribution is -2.58.